The fourth-order valence-electron chi connectivity index (χ4n) is 3.98. The highest BCUT2D eigenvalue weighted by molar-refractivity contribution is 5.86. The van der Waals surface area contributed by atoms with Gasteiger partial charge in [0.1, 0.15) is 11.6 Å². The van der Waals surface area contributed by atoms with Crippen LogP contribution in [0.5, 0.6) is 0 Å². The number of fused-ring (bicyclic) bond motifs is 1. The molecule has 0 unspecified atom stereocenters. The Morgan fingerprint density at radius 1 is 0.806 bits per heavy atom. The number of hydrogen-bond donors (Lipinski definition) is 0. The monoisotopic (exact) mass is 407 g/mol. The molecule has 31 heavy (non-hydrogen) atoms. The Morgan fingerprint density at radius 3 is 2.35 bits per heavy atom. The largest absolute Gasteiger partial charge is 0.292 e. The van der Waals surface area contributed by atoms with E-state index < -0.39 is 5.89 Å². The lowest BCUT2D eigenvalue weighted by Gasteiger charge is -2.16. The van der Waals surface area contributed by atoms with E-state index in [1.165, 1.54) is 6.07 Å². The first-order chi connectivity index (χ1) is 15.4. The van der Waals surface area contributed by atoms with Crippen molar-refractivity contribution in [2.24, 2.45) is 0 Å². The van der Waals surface area contributed by atoms with E-state index in [9.17, 15) is 4.39 Å². The topological polar surface area (TPSA) is 17.8 Å². The van der Waals surface area contributed by atoms with E-state index in [-0.39, 0.29) is 5.82 Å². The first kappa shape index (κ1) is 18.1. The molecule has 0 aliphatic carbocycles. The zero-order valence-corrected chi connectivity index (χ0v) is 17.5. The molecule has 0 saturated carbocycles. The number of imidazole rings is 1. The fraction of sp³-hybridized carbons (Fsp3) is 0.107. The number of aromatic nitrogens is 2. The molecule has 1 heterocycles. The van der Waals surface area contributed by atoms with Gasteiger partial charge in [-0.3, -0.25) is 4.57 Å². The molecule has 5 aromatic rings. The molecule has 0 atom stereocenters. The molecule has 0 N–H and O–H groups in total. The number of nitrogens with zero attached hydrogens (tertiary/aromatic N) is 2. The molecule has 1 aromatic heterocycles. The van der Waals surface area contributed by atoms with Gasteiger partial charge in [-0.05, 0) is 53.4 Å². The van der Waals surface area contributed by atoms with Crippen molar-refractivity contribution in [2.75, 3.05) is 0 Å². The standard InChI is InChI=1S/C28H23FN2/c1-19(2)21-11-8-12-22(17-21)28-30-25-13-6-7-14-27(25)31(28)26-16-15-23(29)18-24(26)20-9-4-3-5-10-20/h3-19H,1-2H3/i19D. The molecule has 0 bridgehead atoms. The molecular formula is C28H23FN2. The van der Waals surface area contributed by atoms with Gasteiger partial charge in [-0.2, -0.15) is 0 Å². The van der Waals surface area contributed by atoms with E-state index in [4.69, 9.17) is 6.35 Å². The summed E-state index contributed by atoms with van der Waals surface area (Å²) >= 11 is 0. The molecule has 0 aliphatic rings. The maximum atomic E-state index is 14.4. The third kappa shape index (κ3) is 3.53. The Hall–Kier alpha value is -3.72. The average molecular weight is 408 g/mol. The quantitative estimate of drug-likeness (QED) is 0.299. The minimum absolute atomic E-state index is 0.281. The summed E-state index contributed by atoms with van der Waals surface area (Å²) in [6.45, 7) is 3.76. The fourth-order valence-corrected chi connectivity index (χ4v) is 3.98. The van der Waals surface area contributed by atoms with Crippen LogP contribution in [0.4, 0.5) is 4.39 Å². The normalized spacial score (nSPS) is 12.2. The lowest BCUT2D eigenvalue weighted by atomic mass is 10.00. The third-order valence-corrected chi connectivity index (χ3v) is 5.54. The van der Waals surface area contributed by atoms with Gasteiger partial charge in [-0.25, -0.2) is 9.37 Å². The molecule has 3 heteroatoms. The first-order valence-electron chi connectivity index (χ1n) is 10.9. The van der Waals surface area contributed by atoms with Crippen LogP contribution in [-0.4, -0.2) is 9.55 Å². The first-order valence-corrected chi connectivity index (χ1v) is 10.4. The third-order valence-electron chi connectivity index (χ3n) is 5.54. The molecule has 0 aliphatic heterocycles. The van der Waals surface area contributed by atoms with Crippen LogP contribution >= 0.6 is 0 Å². The highest BCUT2D eigenvalue weighted by atomic mass is 19.1. The number of benzene rings is 4. The minimum atomic E-state index is -0.724. The van der Waals surface area contributed by atoms with Crippen LogP contribution in [-0.2, 0) is 0 Å². The van der Waals surface area contributed by atoms with Crippen molar-refractivity contribution in [1.82, 2.24) is 9.55 Å². The maximum Gasteiger partial charge on any atom is 0.145 e. The average Bonchev–Trinajstić information content (AvgIpc) is 3.19. The summed E-state index contributed by atoms with van der Waals surface area (Å²) in [6, 6.07) is 30.7. The van der Waals surface area contributed by atoms with Crippen LogP contribution in [0.3, 0.4) is 0 Å². The number of halogens is 1. The van der Waals surface area contributed by atoms with Gasteiger partial charge < -0.3 is 0 Å². The second-order valence-corrected chi connectivity index (χ2v) is 7.87. The lowest BCUT2D eigenvalue weighted by Crippen LogP contribution is -2.01. The molecule has 152 valence electrons. The molecule has 0 radical (unpaired) electrons. The smallest absolute Gasteiger partial charge is 0.145 e. The lowest BCUT2D eigenvalue weighted by molar-refractivity contribution is 0.628. The summed E-state index contributed by atoms with van der Waals surface area (Å²) in [5.41, 5.74) is 6.23. The predicted octanol–water partition coefficient (Wildman–Crippen LogP) is 7.62. The molecule has 0 fully saturated rings. The number of para-hydroxylation sites is 2. The summed E-state index contributed by atoms with van der Waals surface area (Å²) in [5.74, 6) is -0.240. The zero-order chi connectivity index (χ0) is 22.3. The molecule has 0 amide bonds. The van der Waals surface area contributed by atoms with Gasteiger partial charge in [0.25, 0.3) is 0 Å². The Balaban J connectivity index is 1.83. The molecule has 5 rings (SSSR count). The van der Waals surface area contributed by atoms with Gasteiger partial charge in [-0.1, -0.05) is 74.5 Å². The zero-order valence-electron chi connectivity index (χ0n) is 18.5. The second-order valence-electron chi connectivity index (χ2n) is 7.87. The van der Waals surface area contributed by atoms with Gasteiger partial charge in [0.05, 0.1) is 16.7 Å². The van der Waals surface area contributed by atoms with Crippen molar-refractivity contribution in [3.8, 4) is 28.2 Å². The highest BCUT2D eigenvalue weighted by Crippen LogP contribution is 2.35. The van der Waals surface area contributed by atoms with Crippen molar-refractivity contribution in [3.05, 3.63) is 108 Å². The Labute approximate surface area is 183 Å². The van der Waals surface area contributed by atoms with Crippen LogP contribution in [0.25, 0.3) is 39.2 Å². The van der Waals surface area contributed by atoms with Crippen LogP contribution in [0.2, 0.25) is 0 Å². The second kappa shape index (κ2) is 7.84. The number of rotatable bonds is 4. The minimum Gasteiger partial charge on any atom is -0.292 e. The van der Waals surface area contributed by atoms with Crippen molar-refractivity contribution in [1.29, 1.82) is 0 Å². The van der Waals surface area contributed by atoms with E-state index in [1.54, 1.807) is 6.07 Å². The van der Waals surface area contributed by atoms with Gasteiger partial charge in [0, 0.05) is 12.5 Å². The molecule has 2 nitrogen and oxygen atoms in total. The maximum absolute atomic E-state index is 14.4. The molecular weight excluding hydrogens is 383 g/mol. The van der Waals surface area contributed by atoms with E-state index >= 15 is 0 Å². The van der Waals surface area contributed by atoms with Crippen LogP contribution < -0.4 is 0 Å². The highest BCUT2D eigenvalue weighted by Gasteiger charge is 2.18. The molecule has 0 saturated heterocycles. The predicted molar refractivity (Wildman–Crippen MR) is 126 cm³/mol. The van der Waals surface area contributed by atoms with Crippen LogP contribution in [0.15, 0.2) is 97.1 Å². The van der Waals surface area contributed by atoms with Gasteiger partial charge in [-0.15, -0.1) is 0 Å². The van der Waals surface area contributed by atoms with Crippen LogP contribution in [0.1, 0.15) is 26.7 Å². The van der Waals surface area contributed by atoms with Crippen molar-refractivity contribution in [2.45, 2.75) is 19.7 Å². The molecule has 4 aromatic carbocycles. The van der Waals surface area contributed by atoms with Crippen molar-refractivity contribution < 1.29 is 5.76 Å². The van der Waals surface area contributed by atoms with E-state index in [0.29, 0.717) is 0 Å². The summed E-state index contributed by atoms with van der Waals surface area (Å²) < 4.78 is 24.9. The summed E-state index contributed by atoms with van der Waals surface area (Å²) in [4.78, 5) is 4.95. The summed E-state index contributed by atoms with van der Waals surface area (Å²) in [7, 11) is 0. The Morgan fingerprint density at radius 2 is 1.55 bits per heavy atom. The van der Waals surface area contributed by atoms with Crippen molar-refractivity contribution >= 4 is 11.0 Å². The van der Waals surface area contributed by atoms with Crippen LogP contribution in [0, 0.1) is 5.82 Å². The SMILES string of the molecule is [2H]C(C)(C)c1cccc(-c2nc3ccccc3n2-c2ccc(F)cc2-c2ccccc2)c1. The van der Waals surface area contributed by atoms with Gasteiger partial charge in [0.2, 0.25) is 0 Å². The van der Waals surface area contributed by atoms with E-state index in [1.807, 2.05) is 98.8 Å². The van der Waals surface area contributed by atoms with Crippen molar-refractivity contribution in [3.63, 3.8) is 0 Å². The van der Waals surface area contributed by atoms with E-state index in [0.717, 1.165) is 44.8 Å². The Bertz CT molecular complexity index is 1410. The van der Waals surface area contributed by atoms with Gasteiger partial charge in [0.15, 0.2) is 0 Å². The molecule has 0 spiro atoms. The van der Waals surface area contributed by atoms with E-state index in [2.05, 4.69) is 4.57 Å². The Kier molecular flexibility index (Phi) is 4.57. The number of hydrogen-bond acceptors (Lipinski definition) is 1. The summed E-state index contributed by atoms with van der Waals surface area (Å²) in [5, 5.41) is 0. The van der Waals surface area contributed by atoms with Gasteiger partial charge >= 0.3 is 0 Å². The summed E-state index contributed by atoms with van der Waals surface area (Å²) in [6.07, 6.45) is 0.